The number of amides is 8. The van der Waals surface area contributed by atoms with Crippen LogP contribution in [-0.2, 0) is 67.2 Å². The number of phenolic OH excluding ortho intramolecular Hbond substituents is 1. The molecule has 1 fully saturated rings. The quantitative estimate of drug-likeness (QED) is 0.0185. The lowest BCUT2D eigenvalue weighted by Crippen LogP contribution is -2.61. The van der Waals surface area contributed by atoms with Gasteiger partial charge in [0.25, 0.3) is 0 Å². The highest BCUT2D eigenvalue weighted by Crippen LogP contribution is 2.21. The van der Waals surface area contributed by atoms with Crippen LogP contribution in [0, 0.1) is 11.8 Å². The number of carboxylic acids is 2. The highest BCUT2D eigenvalue weighted by Gasteiger charge is 2.41. The summed E-state index contributed by atoms with van der Waals surface area (Å²) in [6.45, 7) is 6.18. The van der Waals surface area contributed by atoms with E-state index in [4.69, 9.17) is 22.3 Å². The molecule has 0 saturated carbocycles. The number of aliphatic imine (C=N–C) groups is 1. The first-order valence-electron chi connectivity index (χ1n) is 25.9. The van der Waals surface area contributed by atoms with Gasteiger partial charge in [-0.05, 0) is 60.8 Å². The second-order valence-electron chi connectivity index (χ2n) is 19.6. The van der Waals surface area contributed by atoms with Gasteiger partial charge in [-0.1, -0.05) is 76.6 Å². The molecule has 2 aromatic carbocycles. The third kappa shape index (κ3) is 20.4. The number of aromatic hydroxyl groups is 1. The van der Waals surface area contributed by atoms with Crippen molar-refractivity contribution in [2.75, 3.05) is 19.6 Å². The molecule has 1 aromatic heterocycles. The van der Waals surface area contributed by atoms with Gasteiger partial charge in [0.05, 0.1) is 25.3 Å². The van der Waals surface area contributed by atoms with Gasteiger partial charge in [-0.2, -0.15) is 0 Å². The molecule has 9 atom stereocenters. The molecule has 1 aliphatic rings. The standard InChI is InChI=1S/C52H74N14O13/c1-5-29(4)43(49(76)62-37(23-32-25-56-27-59-32)50(77)66-20-10-14-39(66)47(74)63-38(51(78)79)22-30-11-7-6-8-12-30)65-46(73)36(21-31-15-17-33(67)18-16-31)61-48(75)42(28(2)3)64-40(68)26-58-45(72)35(13-9-19-57-52(54)55)60-44(71)34(53)24-41(69)70/h6-8,11-12,15-18,25,27-29,34-39,42-43,67H,5,9-10,13-14,19-24,26,53H2,1-4H3,(H,56,59)(H,58,72)(H,60,71)(H,61,75)(H,62,76)(H,63,74)(H,64,68)(H,65,73)(H,69,70)(H,78,79)(H4,54,55,57)/t29-,34-,35-,36-,37-,38-,39-,42-,43-/m0/s1. The van der Waals surface area contributed by atoms with Crippen LogP contribution in [0.1, 0.15) is 83.0 Å². The molecule has 0 unspecified atom stereocenters. The number of nitrogens with two attached hydrogens (primary N) is 3. The van der Waals surface area contributed by atoms with Crippen molar-refractivity contribution in [1.82, 2.24) is 52.1 Å². The Kier molecular flexibility index (Phi) is 24.6. The maximum absolute atomic E-state index is 14.6. The summed E-state index contributed by atoms with van der Waals surface area (Å²) in [6.07, 6.45) is 2.91. The van der Waals surface area contributed by atoms with Crippen molar-refractivity contribution in [3.05, 3.63) is 83.9 Å². The number of guanidine groups is 1. The van der Waals surface area contributed by atoms with Crippen LogP contribution in [-0.4, -0.2) is 163 Å². The summed E-state index contributed by atoms with van der Waals surface area (Å²) in [5.41, 5.74) is 18.0. The van der Waals surface area contributed by atoms with Crippen LogP contribution in [0.25, 0.3) is 0 Å². The zero-order chi connectivity index (χ0) is 58.3. The summed E-state index contributed by atoms with van der Waals surface area (Å²) in [6, 6.07) is 3.97. The van der Waals surface area contributed by atoms with Gasteiger partial charge in [0.2, 0.25) is 47.3 Å². The van der Waals surface area contributed by atoms with Crippen LogP contribution in [0.3, 0.4) is 0 Å². The lowest BCUT2D eigenvalue weighted by molar-refractivity contribution is -0.145. The maximum Gasteiger partial charge on any atom is 0.326 e. The predicted octanol–water partition coefficient (Wildman–Crippen LogP) is -2.20. The zero-order valence-corrected chi connectivity index (χ0v) is 44.6. The number of carbonyl (C=O) groups is 10. The van der Waals surface area contributed by atoms with Crippen LogP contribution >= 0.6 is 0 Å². The van der Waals surface area contributed by atoms with Crippen molar-refractivity contribution >= 4 is 65.2 Å². The molecule has 79 heavy (non-hydrogen) atoms. The molecule has 17 N–H and O–H groups in total. The first-order valence-corrected chi connectivity index (χ1v) is 25.9. The van der Waals surface area contributed by atoms with Gasteiger partial charge < -0.3 is 79.6 Å². The molecule has 0 radical (unpaired) electrons. The Labute approximate surface area is 456 Å². The Morgan fingerprint density at radius 2 is 1.38 bits per heavy atom. The van der Waals surface area contributed by atoms with Crippen molar-refractivity contribution in [2.45, 2.75) is 134 Å². The van der Waals surface area contributed by atoms with Crippen molar-refractivity contribution in [1.29, 1.82) is 0 Å². The fourth-order valence-corrected chi connectivity index (χ4v) is 8.58. The average molecular weight is 1100 g/mol. The molecule has 3 aromatic rings. The highest BCUT2D eigenvalue weighted by atomic mass is 16.4. The molecule has 1 saturated heterocycles. The summed E-state index contributed by atoms with van der Waals surface area (Å²) in [5, 5.41) is 47.2. The van der Waals surface area contributed by atoms with E-state index in [0.717, 1.165) is 0 Å². The fraction of sp³-hybridized carbons (Fsp3) is 0.500. The molecule has 4 rings (SSSR count). The van der Waals surface area contributed by atoms with E-state index in [1.165, 1.54) is 41.7 Å². The molecular formula is C52H74N14O13. The van der Waals surface area contributed by atoms with Crippen molar-refractivity contribution in [3.63, 3.8) is 0 Å². The first-order chi connectivity index (χ1) is 37.5. The third-order valence-electron chi connectivity index (χ3n) is 13.1. The Balaban J connectivity index is 1.53. The summed E-state index contributed by atoms with van der Waals surface area (Å²) < 4.78 is 0. The van der Waals surface area contributed by atoms with Gasteiger partial charge in [0.1, 0.15) is 48.0 Å². The number of nitrogens with one attached hydrogen (secondary N) is 8. The number of H-pyrrole nitrogens is 1. The number of likely N-dealkylation sites (tertiary alicyclic amines) is 1. The second kappa shape index (κ2) is 31.0. The van der Waals surface area contributed by atoms with Gasteiger partial charge in [-0.3, -0.25) is 48.1 Å². The average Bonchev–Trinajstić information content (AvgIpc) is 4.14. The number of carboxylic acid groups (broad SMARTS) is 2. The number of rotatable bonds is 31. The SMILES string of the molecule is CC[C@H](C)[C@H](NC(=O)[C@H](Cc1ccc(O)cc1)NC(=O)[C@@H](NC(=O)CNC(=O)[C@H](CCCN=C(N)N)NC(=O)[C@@H](N)CC(=O)O)C(C)C)C(=O)N[C@@H](Cc1cnc[nH]1)C(=O)N1CCC[C@H]1C(=O)N[C@@H](Cc1ccccc1)C(=O)O. The number of imidazole rings is 1. The van der Waals surface area contributed by atoms with Gasteiger partial charge in [-0.25, -0.2) is 9.78 Å². The summed E-state index contributed by atoms with van der Waals surface area (Å²) in [4.78, 5) is 147. The van der Waals surface area contributed by atoms with E-state index in [1.807, 2.05) is 0 Å². The number of phenols is 1. The van der Waals surface area contributed by atoms with Crippen molar-refractivity contribution < 1.29 is 63.3 Å². The molecule has 430 valence electrons. The number of nitrogens with zero attached hydrogens (tertiary/aromatic N) is 3. The number of aromatic amines is 1. The summed E-state index contributed by atoms with van der Waals surface area (Å²) in [7, 11) is 0. The molecule has 0 aliphatic carbocycles. The van der Waals surface area contributed by atoms with E-state index in [0.29, 0.717) is 29.7 Å². The van der Waals surface area contributed by atoms with Crippen LogP contribution in [0.5, 0.6) is 5.75 Å². The number of aromatic nitrogens is 2. The normalized spacial score (nSPS) is 16.0. The minimum Gasteiger partial charge on any atom is -0.508 e. The van der Waals surface area contributed by atoms with E-state index in [-0.39, 0.29) is 63.3 Å². The first kappa shape index (κ1) is 62.9. The van der Waals surface area contributed by atoms with E-state index in [2.05, 4.69) is 52.2 Å². The van der Waals surface area contributed by atoms with Gasteiger partial charge in [0.15, 0.2) is 5.96 Å². The second-order valence-corrected chi connectivity index (χ2v) is 19.6. The van der Waals surface area contributed by atoms with E-state index in [1.54, 1.807) is 58.0 Å². The lowest BCUT2D eigenvalue weighted by atomic mass is 9.96. The van der Waals surface area contributed by atoms with E-state index in [9.17, 15) is 58.2 Å². The molecule has 0 bridgehead atoms. The lowest BCUT2D eigenvalue weighted by Gasteiger charge is -2.32. The number of hydrogen-bond donors (Lipinski definition) is 14. The molecular weight excluding hydrogens is 1030 g/mol. The Bertz CT molecular complexity index is 2600. The minimum absolute atomic E-state index is 0.00650. The monoisotopic (exact) mass is 1100 g/mol. The molecule has 1 aliphatic heterocycles. The molecule has 2 heterocycles. The van der Waals surface area contributed by atoms with Crippen LogP contribution in [0.2, 0.25) is 0 Å². The zero-order valence-electron chi connectivity index (χ0n) is 44.6. The Hall–Kier alpha value is -8.62. The molecule has 0 spiro atoms. The van der Waals surface area contributed by atoms with Gasteiger partial charge >= 0.3 is 11.9 Å². The Morgan fingerprint density at radius 3 is 1.99 bits per heavy atom. The highest BCUT2D eigenvalue weighted by molar-refractivity contribution is 5.98. The molecule has 27 nitrogen and oxygen atoms in total. The van der Waals surface area contributed by atoms with E-state index >= 15 is 0 Å². The van der Waals surface area contributed by atoms with E-state index < -0.39 is 132 Å². The number of hydrogen-bond acceptors (Lipinski definition) is 14. The number of aliphatic carboxylic acids is 2. The summed E-state index contributed by atoms with van der Waals surface area (Å²) >= 11 is 0. The molecule has 27 heteroatoms. The predicted molar refractivity (Wildman–Crippen MR) is 286 cm³/mol. The topological polar surface area (TPSA) is 438 Å². The number of carbonyl (C=O) groups excluding carboxylic acids is 8. The van der Waals surface area contributed by atoms with Gasteiger partial charge in [-0.15, -0.1) is 0 Å². The van der Waals surface area contributed by atoms with Crippen LogP contribution in [0.4, 0.5) is 0 Å². The van der Waals surface area contributed by atoms with Gasteiger partial charge in [0, 0.05) is 44.2 Å². The van der Waals surface area contributed by atoms with Crippen molar-refractivity contribution in [2.24, 2.45) is 34.0 Å². The third-order valence-corrected chi connectivity index (χ3v) is 13.1. The number of benzene rings is 2. The molecule has 8 amide bonds. The van der Waals surface area contributed by atoms with Crippen molar-refractivity contribution in [3.8, 4) is 5.75 Å². The smallest absolute Gasteiger partial charge is 0.326 e. The van der Waals surface area contributed by atoms with Crippen LogP contribution in [0.15, 0.2) is 72.1 Å². The maximum atomic E-state index is 14.6. The van der Waals surface area contributed by atoms with Crippen LogP contribution < -0.4 is 54.4 Å². The Morgan fingerprint density at radius 1 is 0.747 bits per heavy atom. The minimum atomic E-state index is -1.50. The largest absolute Gasteiger partial charge is 0.508 e. The summed E-state index contributed by atoms with van der Waals surface area (Å²) in [5.74, 6) is -10.5. The fourth-order valence-electron chi connectivity index (χ4n) is 8.58.